The molecule has 5 heteroatoms. The first kappa shape index (κ1) is 19.6. The number of aliphatic imine (C=N–C) groups is 2. The molecule has 2 atom stereocenters. The second kappa shape index (κ2) is 10.3. The van der Waals surface area contributed by atoms with Crippen molar-refractivity contribution in [1.29, 1.82) is 0 Å². The summed E-state index contributed by atoms with van der Waals surface area (Å²) < 4.78 is 0. The molecular formula is C23H23N3O2. The smallest absolute Gasteiger partial charge is 0.0980 e. The predicted octanol–water partition coefficient (Wildman–Crippen LogP) is 3.39. The van der Waals surface area contributed by atoms with Crippen LogP contribution in [0.15, 0.2) is 88.8 Å². The molecule has 1 aromatic heterocycles. The first-order chi connectivity index (χ1) is 13.8. The van der Waals surface area contributed by atoms with Gasteiger partial charge in [-0.2, -0.15) is 0 Å². The molecule has 5 nitrogen and oxygen atoms in total. The van der Waals surface area contributed by atoms with Crippen LogP contribution >= 0.6 is 0 Å². The highest BCUT2D eigenvalue weighted by molar-refractivity contribution is 5.82. The van der Waals surface area contributed by atoms with Crippen LogP contribution in [0.2, 0.25) is 0 Å². The molecule has 2 N–H and O–H groups in total. The molecule has 1 heterocycles. The van der Waals surface area contributed by atoms with Gasteiger partial charge in [-0.05, 0) is 23.3 Å². The van der Waals surface area contributed by atoms with Crippen LogP contribution in [0, 0.1) is 0 Å². The van der Waals surface area contributed by atoms with Crippen LogP contribution < -0.4 is 0 Å². The van der Waals surface area contributed by atoms with Gasteiger partial charge in [0.1, 0.15) is 0 Å². The molecule has 0 aliphatic heterocycles. The van der Waals surface area contributed by atoms with Crippen LogP contribution in [0.5, 0.6) is 0 Å². The third-order valence-electron chi connectivity index (χ3n) is 4.28. The molecule has 3 aromatic rings. The van der Waals surface area contributed by atoms with Crippen molar-refractivity contribution in [2.24, 2.45) is 9.98 Å². The van der Waals surface area contributed by atoms with Gasteiger partial charge < -0.3 is 10.2 Å². The van der Waals surface area contributed by atoms with Crippen LogP contribution in [0.3, 0.4) is 0 Å². The average Bonchev–Trinajstić information content (AvgIpc) is 2.76. The second-order valence-electron chi connectivity index (χ2n) is 6.26. The number of benzene rings is 2. The Bertz CT molecular complexity index is 839. The van der Waals surface area contributed by atoms with Gasteiger partial charge in [0.15, 0.2) is 0 Å². The van der Waals surface area contributed by atoms with E-state index in [0.29, 0.717) is 11.4 Å². The summed E-state index contributed by atoms with van der Waals surface area (Å²) in [7, 11) is 0. The fraction of sp³-hybridized carbons (Fsp3) is 0.174. The van der Waals surface area contributed by atoms with Crippen molar-refractivity contribution in [3.05, 3.63) is 101 Å². The largest absolute Gasteiger partial charge is 0.394 e. The number of aliphatic hydroxyl groups excluding tert-OH is 2. The number of rotatable bonds is 8. The van der Waals surface area contributed by atoms with Gasteiger partial charge in [-0.1, -0.05) is 66.7 Å². The zero-order valence-electron chi connectivity index (χ0n) is 15.5. The lowest BCUT2D eigenvalue weighted by molar-refractivity contribution is 0.269. The zero-order valence-corrected chi connectivity index (χ0v) is 15.5. The summed E-state index contributed by atoms with van der Waals surface area (Å²) in [5.74, 6) is 0. The van der Waals surface area contributed by atoms with Gasteiger partial charge in [0.25, 0.3) is 0 Å². The molecule has 2 unspecified atom stereocenters. The minimum Gasteiger partial charge on any atom is -0.394 e. The van der Waals surface area contributed by atoms with Crippen LogP contribution in [0.4, 0.5) is 0 Å². The topological polar surface area (TPSA) is 78.1 Å². The number of aromatic nitrogens is 1. The first-order valence-corrected chi connectivity index (χ1v) is 9.15. The first-order valence-electron chi connectivity index (χ1n) is 9.15. The minimum absolute atomic E-state index is 0.0725. The Morgan fingerprint density at radius 3 is 1.46 bits per heavy atom. The molecule has 0 bridgehead atoms. The van der Waals surface area contributed by atoms with Crippen LogP contribution in [0.1, 0.15) is 34.6 Å². The van der Waals surface area contributed by atoms with E-state index in [-0.39, 0.29) is 25.3 Å². The van der Waals surface area contributed by atoms with E-state index in [4.69, 9.17) is 0 Å². The van der Waals surface area contributed by atoms with Crippen molar-refractivity contribution in [3.63, 3.8) is 0 Å². The lowest BCUT2D eigenvalue weighted by Crippen LogP contribution is -2.03. The molecule has 0 saturated heterocycles. The van der Waals surface area contributed by atoms with Crippen LogP contribution in [0.25, 0.3) is 0 Å². The molecule has 0 amide bonds. The van der Waals surface area contributed by atoms with Crippen LogP contribution in [-0.2, 0) is 0 Å². The van der Waals surface area contributed by atoms with E-state index in [1.54, 1.807) is 12.4 Å². The maximum absolute atomic E-state index is 9.61. The van der Waals surface area contributed by atoms with Gasteiger partial charge in [0, 0.05) is 12.4 Å². The normalized spacial score (nSPS) is 13.8. The maximum Gasteiger partial charge on any atom is 0.0980 e. The standard InChI is InChI=1S/C23H23N3O2/c27-16-22(18-8-3-1-4-9-18)24-14-20-12-7-13-21(26-20)15-25-23(17-28)19-10-5-2-6-11-19/h1-15,22-23,27-28H,16-17H2. The summed E-state index contributed by atoms with van der Waals surface area (Å²) >= 11 is 0. The Morgan fingerprint density at radius 2 is 1.07 bits per heavy atom. The van der Waals surface area contributed by atoms with Gasteiger partial charge in [-0.15, -0.1) is 0 Å². The number of hydrogen-bond donors (Lipinski definition) is 2. The molecule has 28 heavy (non-hydrogen) atoms. The van der Waals surface area contributed by atoms with Gasteiger partial charge >= 0.3 is 0 Å². The van der Waals surface area contributed by atoms with Crippen molar-refractivity contribution >= 4 is 12.4 Å². The molecule has 3 rings (SSSR count). The highest BCUT2D eigenvalue weighted by atomic mass is 16.3. The summed E-state index contributed by atoms with van der Waals surface area (Å²) in [5.41, 5.74) is 3.26. The molecule has 0 aliphatic carbocycles. The third-order valence-corrected chi connectivity index (χ3v) is 4.28. The number of pyridine rings is 1. The Labute approximate surface area is 164 Å². The van der Waals surface area contributed by atoms with Crippen molar-refractivity contribution < 1.29 is 10.2 Å². The zero-order chi connectivity index (χ0) is 19.6. The second-order valence-corrected chi connectivity index (χ2v) is 6.26. The summed E-state index contributed by atoms with van der Waals surface area (Å²) in [6.07, 6.45) is 3.32. The SMILES string of the molecule is OCC(N=Cc1cccc(C=NC(CO)c2ccccc2)n1)c1ccccc1. The highest BCUT2D eigenvalue weighted by Crippen LogP contribution is 2.17. The Kier molecular flexibility index (Phi) is 7.18. The van der Waals surface area contributed by atoms with Crippen molar-refractivity contribution in [2.45, 2.75) is 12.1 Å². The minimum atomic E-state index is -0.322. The lowest BCUT2D eigenvalue weighted by atomic mass is 10.1. The highest BCUT2D eigenvalue weighted by Gasteiger charge is 2.08. The summed E-state index contributed by atoms with van der Waals surface area (Å²) in [6.45, 7) is -0.145. The molecule has 142 valence electrons. The molecular weight excluding hydrogens is 350 g/mol. The molecule has 0 saturated carbocycles. The molecule has 0 aliphatic rings. The number of hydrogen-bond acceptors (Lipinski definition) is 5. The Hall–Kier alpha value is -3.15. The maximum atomic E-state index is 9.61. The monoisotopic (exact) mass is 373 g/mol. The van der Waals surface area contributed by atoms with E-state index in [9.17, 15) is 10.2 Å². The lowest BCUT2D eigenvalue weighted by Gasteiger charge is -2.09. The van der Waals surface area contributed by atoms with E-state index in [0.717, 1.165) is 11.1 Å². The van der Waals surface area contributed by atoms with Gasteiger partial charge in [-0.25, -0.2) is 4.98 Å². The van der Waals surface area contributed by atoms with E-state index < -0.39 is 0 Å². The fourth-order valence-electron chi connectivity index (χ4n) is 2.77. The van der Waals surface area contributed by atoms with Crippen molar-refractivity contribution in [2.75, 3.05) is 13.2 Å². The van der Waals surface area contributed by atoms with Gasteiger partial charge in [-0.3, -0.25) is 9.98 Å². The molecule has 0 fully saturated rings. The van der Waals surface area contributed by atoms with Gasteiger partial charge in [0.2, 0.25) is 0 Å². The third kappa shape index (κ3) is 5.42. The number of aliphatic hydroxyl groups is 2. The average molecular weight is 373 g/mol. The van der Waals surface area contributed by atoms with E-state index >= 15 is 0 Å². The van der Waals surface area contributed by atoms with Gasteiger partial charge in [0.05, 0.1) is 36.7 Å². The molecule has 0 spiro atoms. The molecule has 0 radical (unpaired) electrons. The number of nitrogens with zero attached hydrogens (tertiary/aromatic N) is 3. The van der Waals surface area contributed by atoms with E-state index in [1.807, 2.05) is 78.9 Å². The quantitative estimate of drug-likeness (QED) is 0.594. The van der Waals surface area contributed by atoms with Crippen molar-refractivity contribution in [1.82, 2.24) is 4.98 Å². The van der Waals surface area contributed by atoms with Crippen molar-refractivity contribution in [3.8, 4) is 0 Å². The summed E-state index contributed by atoms with van der Waals surface area (Å²) in [4.78, 5) is 13.4. The van der Waals surface area contributed by atoms with E-state index in [2.05, 4.69) is 15.0 Å². The Balaban J connectivity index is 1.73. The fourth-order valence-corrected chi connectivity index (χ4v) is 2.77. The molecule has 2 aromatic carbocycles. The summed E-state index contributed by atoms with van der Waals surface area (Å²) in [6, 6.07) is 24.2. The van der Waals surface area contributed by atoms with E-state index in [1.165, 1.54) is 0 Å². The Morgan fingerprint density at radius 1 is 0.643 bits per heavy atom. The summed E-state index contributed by atoms with van der Waals surface area (Å²) in [5, 5.41) is 19.2. The predicted molar refractivity (Wildman–Crippen MR) is 112 cm³/mol. The van der Waals surface area contributed by atoms with Crippen LogP contribution in [-0.4, -0.2) is 40.8 Å².